The molecule has 0 unspecified atom stereocenters. The lowest BCUT2D eigenvalue weighted by Gasteiger charge is -2.06. The third-order valence-corrected chi connectivity index (χ3v) is 2.66. The van der Waals surface area contributed by atoms with E-state index in [2.05, 4.69) is 0 Å². The molecule has 0 heterocycles. The van der Waals surface area contributed by atoms with Crippen molar-refractivity contribution in [3.8, 4) is 11.8 Å². The molecule has 0 aromatic heterocycles. The smallest absolute Gasteiger partial charge is 0.343 e. The summed E-state index contributed by atoms with van der Waals surface area (Å²) >= 11 is 0. The van der Waals surface area contributed by atoms with E-state index in [0.29, 0.717) is 16.9 Å². The fourth-order valence-electron chi connectivity index (χ4n) is 1.84. The van der Waals surface area contributed by atoms with E-state index < -0.39 is 5.97 Å². The molecule has 2 rings (SSSR count). The van der Waals surface area contributed by atoms with Gasteiger partial charge in [0, 0.05) is 0 Å². The van der Waals surface area contributed by atoms with Gasteiger partial charge in [0.15, 0.2) is 0 Å². The van der Waals surface area contributed by atoms with Crippen molar-refractivity contribution in [1.82, 2.24) is 0 Å². The third-order valence-electron chi connectivity index (χ3n) is 2.66. The van der Waals surface area contributed by atoms with Gasteiger partial charge in [-0.3, -0.25) is 0 Å². The zero-order chi connectivity index (χ0) is 13.8. The van der Waals surface area contributed by atoms with Crippen molar-refractivity contribution in [3.63, 3.8) is 0 Å². The van der Waals surface area contributed by atoms with Gasteiger partial charge in [-0.25, -0.2) is 4.79 Å². The van der Waals surface area contributed by atoms with Gasteiger partial charge in [0.05, 0.1) is 17.2 Å². The average molecular weight is 251 g/mol. The SMILES string of the molecule is Cc1cc(C)cc(OC(=O)c2ccc(C#N)cc2)c1. The van der Waals surface area contributed by atoms with Crippen LogP contribution < -0.4 is 4.74 Å². The highest BCUT2D eigenvalue weighted by Gasteiger charge is 2.09. The number of esters is 1. The van der Waals surface area contributed by atoms with Crippen LogP contribution in [-0.4, -0.2) is 5.97 Å². The fourth-order valence-corrected chi connectivity index (χ4v) is 1.84. The van der Waals surface area contributed by atoms with Gasteiger partial charge in [-0.15, -0.1) is 0 Å². The molecule has 0 aliphatic heterocycles. The normalized spacial score (nSPS) is 9.74. The van der Waals surface area contributed by atoms with E-state index in [0.717, 1.165) is 11.1 Å². The van der Waals surface area contributed by atoms with E-state index in [4.69, 9.17) is 10.00 Å². The predicted octanol–water partition coefficient (Wildman–Crippen LogP) is 3.39. The standard InChI is InChI=1S/C16H13NO2/c1-11-7-12(2)9-15(8-11)19-16(18)14-5-3-13(10-17)4-6-14/h3-9H,1-2H3. The lowest BCUT2D eigenvalue weighted by atomic mass is 10.1. The first-order chi connectivity index (χ1) is 9.08. The van der Waals surface area contributed by atoms with E-state index in [1.807, 2.05) is 38.1 Å². The Morgan fingerprint density at radius 1 is 1.05 bits per heavy atom. The predicted molar refractivity (Wildman–Crippen MR) is 72.0 cm³/mol. The lowest BCUT2D eigenvalue weighted by molar-refractivity contribution is 0.0734. The van der Waals surface area contributed by atoms with Crippen LogP contribution in [-0.2, 0) is 0 Å². The Morgan fingerprint density at radius 3 is 2.16 bits per heavy atom. The van der Waals surface area contributed by atoms with E-state index in [1.54, 1.807) is 24.3 Å². The van der Waals surface area contributed by atoms with Crippen molar-refractivity contribution < 1.29 is 9.53 Å². The molecule has 0 fully saturated rings. The Morgan fingerprint density at radius 2 is 1.63 bits per heavy atom. The number of benzene rings is 2. The van der Waals surface area contributed by atoms with E-state index >= 15 is 0 Å². The van der Waals surface area contributed by atoms with Gasteiger partial charge >= 0.3 is 5.97 Å². The highest BCUT2D eigenvalue weighted by molar-refractivity contribution is 5.91. The molecule has 0 aliphatic rings. The van der Waals surface area contributed by atoms with Crippen LogP contribution in [0.3, 0.4) is 0 Å². The summed E-state index contributed by atoms with van der Waals surface area (Å²) in [6.07, 6.45) is 0. The topological polar surface area (TPSA) is 50.1 Å². The monoisotopic (exact) mass is 251 g/mol. The molecular formula is C16H13NO2. The number of rotatable bonds is 2. The summed E-state index contributed by atoms with van der Waals surface area (Å²) in [6.45, 7) is 3.90. The number of carbonyl (C=O) groups is 1. The minimum absolute atomic E-state index is 0.422. The van der Waals surface area contributed by atoms with Gasteiger partial charge in [0.2, 0.25) is 0 Å². The first-order valence-electron chi connectivity index (χ1n) is 5.89. The summed E-state index contributed by atoms with van der Waals surface area (Å²) in [5.74, 6) is 0.112. The maximum absolute atomic E-state index is 11.9. The number of hydrogen-bond donors (Lipinski definition) is 0. The molecule has 94 valence electrons. The molecule has 0 aliphatic carbocycles. The lowest BCUT2D eigenvalue weighted by Crippen LogP contribution is -2.08. The van der Waals surface area contributed by atoms with Gasteiger partial charge in [-0.1, -0.05) is 6.07 Å². The van der Waals surface area contributed by atoms with Crippen LogP contribution in [0.15, 0.2) is 42.5 Å². The minimum Gasteiger partial charge on any atom is -0.423 e. The summed E-state index contributed by atoms with van der Waals surface area (Å²) in [4.78, 5) is 11.9. The van der Waals surface area contributed by atoms with Gasteiger partial charge in [-0.2, -0.15) is 5.26 Å². The van der Waals surface area contributed by atoms with Crippen LogP contribution >= 0.6 is 0 Å². The van der Waals surface area contributed by atoms with Gasteiger partial charge < -0.3 is 4.74 Å². The van der Waals surface area contributed by atoms with Crippen molar-refractivity contribution >= 4 is 5.97 Å². The van der Waals surface area contributed by atoms with Crippen molar-refractivity contribution in [3.05, 3.63) is 64.7 Å². The average Bonchev–Trinajstić information content (AvgIpc) is 2.37. The van der Waals surface area contributed by atoms with Gasteiger partial charge in [0.1, 0.15) is 5.75 Å². The Balaban J connectivity index is 2.18. The summed E-state index contributed by atoms with van der Waals surface area (Å²) in [6, 6.07) is 14.0. The molecule has 2 aromatic rings. The molecule has 0 saturated carbocycles. The molecule has 0 N–H and O–H groups in total. The Hall–Kier alpha value is -2.60. The van der Waals surface area contributed by atoms with Gasteiger partial charge in [0.25, 0.3) is 0 Å². The van der Waals surface area contributed by atoms with Crippen LogP contribution in [0.4, 0.5) is 0 Å². The number of carbonyl (C=O) groups excluding carboxylic acids is 1. The molecule has 3 heteroatoms. The largest absolute Gasteiger partial charge is 0.423 e. The van der Waals surface area contributed by atoms with Crippen molar-refractivity contribution in [1.29, 1.82) is 5.26 Å². The summed E-state index contributed by atoms with van der Waals surface area (Å²) in [5, 5.41) is 8.70. The Kier molecular flexibility index (Phi) is 3.63. The zero-order valence-electron chi connectivity index (χ0n) is 10.8. The molecule has 2 aromatic carbocycles. The minimum atomic E-state index is -0.422. The molecule has 0 saturated heterocycles. The Bertz CT molecular complexity index is 631. The second-order valence-corrected chi connectivity index (χ2v) is 4.40. The van der Waals surface area contributed by atoms with Gasteiger partial charge in [-0.05, 0) is 61.4 Å². The molecule has 3 nitrogen and oxygen atoms in total. The second kappa shape index (κ2) is 5.36. The molecule has 0 amide bonds. The van der Waals surface area contributed by atoms with E-state index in [-0.39, 0.29) is 0 Å². The number of hydrogen-bond acceptors (Lipinski definition) is 3. The molecule has 0 spiro atoms. The second-order valence-electron chi connectivity index (χ2n) is 4.40. The van der Waals surface area contributed by atoms with Crippen LogP contribution in [0.2, 0.25) is 0 Å². The molecule has 0 atom stereocenters. The van der Waals surface area contributed by atoms with Crippen LogP contribution in [0, 0.1) is 25.2 Å². The van der Waals surface area contributed by atoms with E-state index in [9.17, 15) is 4.79 Å². The summed E-state index contributed by atoms with van der Waals surface area (Å²) < 4.78 is 5.31. The van der Waals surface area contributed by atoms with Crippen molar-refractivity contribution in [2.45, 2.75) is 13.8 Å². The number of aryl methyl sites for hydroxylation is 2. The van der Waals surface area contributed by atoms with Crippen LogP contribution in [0.1, 0.15) is 27.0 Å². The zero-order valence-corrected chi connectivity index (χ0v) is 10.8. The number of ether oxygens (including phenoxy) is 1. The highest BCUT2D eigenvalue weighted by atomic mass is 16.5. The molecule has 0 bridgehead atoms. The third kappa shape index (κ3) is 3.20. The van der Waals surface area contributed by atoms with Crippen molar-refractivity contribution in [2.24, 2.45) is 0 Å². The fraction of sp³-hybridized carbons (Fsp3) is 0.125. The Labute approximate surface area is 112 Å². The quantitative estimate of drug-likeness (QED) is 0.607. The van der Waals surface area contributed by atoms with Crippen molar-refractivity contribution in [2.75, 3.05) is 0 Å². The number of nitriles is 1. The first kappa shape index (κ1) is 12.8. The van der Waals surface area contributed by atoms with E-state index in [1.165, 1.54) is 0 Å². The summed E-state index contributed by atoms with van der Waals surface area (Å²) in [5.41, 5.74) is 3.03. The maximum Gasteiger partial charge on any atom is 0.343 e. The maximum atomic E-state index is 11.9. The van der Waals surface area contributed by atoms with Crippen LogP contribution in [0.25, 0.3) is 0 Å². The summed E-state index contributed by atoms with van der Waals surface area (Å²) in [7, 11) is 0. The molecule has 19 heavy (non-hydrogen) atoms. The first-order valence-corrected chi connectivity index (χ1v) is 5.89. The molecule has 0 radical (unpaired) electrons. The van der Waals surface area contributed by atoms with Crippen LogP contribution in [0.5, 0.6) is 5.75 Å². The number of nitrogens with zero attached hydrogens (tertiary/aromatic N) is 1. The highest BCUT2D eigenvalue weighted by Crippen LogP contribution is 2.17. The molecular weight excluding hydrogens is 238 g/mol.